The Morgan fingerprint density at radius 1 is 0.769 bits per heavy atom. The SMILES string of the molecule is CC(CCC(O)C(O)C(O)CO)C1CCC2(C)C1CCC1(C)C2CCC2C3(C)CCCC(C)(C)C3C=CC21C. The van der Waals surface area contributed by atoms with Gasteiger partial charge in [-0.05, 0) is 127 Å². The first-order valence-electron chi connectivity index (χ1n) is 16.5. The molecule has 0 heterocycles. The Hall–Kier alpha value is -0.420. The number of hydrogen-bond acceptors (Lipinski definition) is 4. The average Bonchev–Trinajstić information content (AvgIpc) is 3.23. The van der Waals surface area contributed by atoms with E-state index in [1.54, 1.807) is 0 Å². The number of aliphatic hydroxyl groups is 4. The first kappa shape index (κ1) is 30.1. The minimum atomic E-state index is -1.28. The van der Waals surface area contributed by atoms with Crippen LogP contribution in [0.3, 0.4) is 0 Å². The molecule has 0 radical (unpaired) electrons. The Morgan fingerprint density at radius 2 is 1.46 bits per heavy atom. The lowest BCUT2D eigenvalue weighted by atomic mass is 9.33. The number of allylic oxidation sites excluding steroid dienone is 2. The van der Waals surface area contributed by atoms with Gasteiger partial charge in [0.1, 0.15) is 12.2 Å². The van der Waals surface area contributed by atoms with E-state index < -0.39 is 24.9 Å². The summed E-state index contributed by atoms with van der Waals surface area (Å²) in [5.41, 5.74) is 1.80. The maximum atomic E-state index is 10.4. The Labute approximate surface area is 239 Å². The van der Waals surface area contributed by atoms with E-state index in [-0.39, 0.29) is 5.41 Å². The first-order valence-corrected chi connectivity index (χ1v) is 16.5. The van der Waals surface area contributed by atoms with Crippen molar-refractivity contribution < 1.29 is 20.4 Å². The first-order chi connectivity index (χ1) is 18.2. The highest BCUT2D eigenvalue weighted by Crippen LogP contribution is 2.76. The molecule has 0 aromatic heterocycles. The molecule has 0 aromatic rings. The Kier molecular flexibility index (Phi) is 7.78. The fraction of sp³-hybridized carbons (Fsp3) is 0.943. The standard InChI is InChI=1S/C35H60O4/c1-22(9-10-25(37)30(39)26(38)21-36)23-13-18-32(4)24(23)14-19-34(6)28(32)11-12-29-33(5)17-8-16-31(2,3)27(33)15-20-35(29,34)7/h15,20,22-30,36-39H,8-14,16-19,21H2,1-7H3. The fourth-order valence-electron chi connectivity index (χ4n) is 12.5. The topological polar surface area (TPSA) is 80.9 Å². The molecule has 13 atom stereocenters. The molecular formula is C35H60O4. The van der Waals surface area contributed by atoms with Crippen LogP contribution < -0.4 is 0 Å². The van der Waals surface area contributed by atoms with Crippen molar-refractivity contribution in [3.63, 3.8) is 0 Å². The molecule has 4 fully saturated rings. The van der Waals surface area contributed by atoms with Crippen LogP contribution in [0.25, 0.3) is 0 Å². The number of rotatable bonds is 7. The molecule has 39 heavy (non-hydrogen) atoms. The van der Waals surface area contributed by atoms with Crippen LogP contribution in [0.1, 0.15) is 119 Å². The molecule has 5 aliphatic carbocycles. The largest absolute Gasteiger partial charge is 0.394 e. The van der Waals surface area contributed by atoms with Crippen molar-refractivity contribution in [1.29, 1.82) is 0 Å². The van der Waals surface area contributed by atoms with E-state index in [0.717, 1.165) is 24.2 Å². The predicted octanol–water partition coefficient (Wildman–Crippen LogP) is 6.75. The summed E-state index contributed by atoms with van der Waals surface area (Å²) in [6.07, 6.45) is 15.4. The van der Waals surface area contributed by atoms with Crippen LogP contribution >= 0.6 is 0 Å². The van der Waals surface area contributed by atoms with E-state index in [2.05, 4.69) is 60.6 Å². The highest BCUT2D eigenvalue weighted by Gasteiger charge is 2.69. The van der Waals surface area contributed by atoms with Gasteiger partial charge in [0.15, 0.2) is 0 Å². The van der Waals surface area contributed by atoms with E-state index in [9.17, 15) is 15.3 Å². The molecule has 4 saturated carbocycles. The summed E-state index contributed by atoms with van der Waals surface area (Å²) in [5.74, 6) is 4.13. The Morgan fingerprint density at radius 3 is 2.15 bits per heavy atom. The normalized spacial score (nSPS) is 49.7. The maximum Gasteiger partial charge on any atom is 0.108 e. The van der Waals surface area contributed by atoms with Crippen molar-refractivity contribution in [1.82, 2.24) is 0 Å². The molecule has 4 heteroatoms. The van der Waals surface area contributed by atoms with Crippen LogP contribution in [0.15, 0.2) is 12.2 Å². The zero-order valence-electron chi connectivity index (χ0n) is 26.1. The van der Waals surface area contributed by atoms with Crippen LogP contribution in [-0.4, -0.2) is 45.3 Å². The second kappa shape index (κ2) is 10.1. The average molecular weight is 545 g/mol. The summed E-state index contributed by atoms with van der Waals surface area (Å²) in [6.45, 7) is 17.5. The molecule has 0 spiro atoms. The minimum Gasteiger partial charge on any atom is -0.394 e. The second-order valence-corrected chi connectivity index (χ2v) is 16.8. The molecule has 4 nitrogen and oxygen atoms in total. The van der Waals surface area contributed by atoms with Crippen LogP contribution in [0.2, 0.25) is 0 Å². The summed E-state index contributed by atoms with van der Waals surface area (Å²) in [5, 5.41) is 39.4. The third-order valence-electron chi connectivity index (χ3n) is 14.8. The van der Waals surface area contributed by atoms with E-state index in [1.165, 1.54) is 57.8 Å². The second-order valence-electron chi connectivity index (χ2n) is 16.8. The van der Waals surface area contributed by atoms with E-state index in [0.29, 0.717) is 45.8 Å². The van der Waals surface area contributed by atoms with Crippen LogP contribution in [0.5, 0.6) is 0 Å². The van der Waals surface area contributed by atoms with Gasteiger partial charge in [-0.1, -0.05) is 67.0 Å². The van der Waals surface area contributed by atoms with Crippen LogP contribution in [0, 0.1) is 62.6 Å². The van der Waals surface area contributed by atoms with Crippen molar-refractivity contribution in [2.75, 3.05) is 6.61 Å². The van der Waals surface area contributed by atoms with Crippen molar-refractivity contribution >= 4 is 0 Å². The lowest BCUT2D eigenvalue weighted by Crippen LogP contribution is -2.64. The van der Waals surface area contributed by atoms with Gasteiger partial charge >= 0.3 is 0 Å². The quantitative estimate of drug-likeness (QED) is 0.267. The van der Waals surface area contributed by atoms with Crippen molar-refractivity contribution in [2.24, 2.45) is 62.6 Å². The third-order valence-corrected chi connectivity index (χ3v) is 14.8. The van der Waals surface area contributed by atoms with Gasteiger partial charge in [0.25, 0.3) is 0 Å². The molecule has 5 rings (SSSR count). The number of fused-ring (bicyclic) bond motifs is 7. The summed E-state index contributed by atoms with van der Waals surface area (Å²) in [6, 6.07) is 0. The highest BCUT2D eigenvalue weighted by atomic mass is 16.4. The highest BCUT2D eigenvalue weighted by molar-refractivity contribution is 5.27. The molecule has 13 unspecified atom stereocenters. The monoisotopic (exact) mass is 544 g/mol. The van der Waals surface area contributed by atoms with Gasteiger partial charge in [-0.15, -0.1) is 0 Å². The summed E-state index contributed by atoms with van der Waals surface area (Å²) >= 11 is 0. The molecule has 0 saturated heterocycles. The van der Waals surface area contributed by atoms with Gasteiger partial charge in [-0.25, -0.2) is 0 Å². The zero-order valence-corrected chi connectivity index (χ0v) is 26.1. The Bertz CT molecular complexity index is 930. The third kappa shape index (κ3) is 4.35. The van der Waals surface area contributed by atoms with Gasteiger partial charge < -0.3 is 20.4 Å². The van der Waals surface area contributed by atoms with Gasteiger partial charge in [0.2, 0.25) is 0 Å². The minimum absolute atomic E-state index is 0.264. The number of aliphatic hydroxyl groups excluding tert-OH is 4. The van der Waals surface area contributed by atoms with Gasteiger partial charge in [-0.2, -0.15) is 0 Å². The molecule has 4 N–H and O–H groups in total. The van der Waals surface area contributed by atoms with Crippen LogP contribution in [-0.2, 0) is 0 Å². The van der Waals surface area contributed by atoms with E-state index in [1.807, 2.05) is 0 Å². The molecular weight excluding hydrogens is 484 g/mol. The van der Waals surface area contributed by atoms with Crippen LogP contribution in [0.4, 0.5) is 0 Å². The van der Waals surface area contributed by atoms with Gasteiger partial charge in [-0.3, -0.25) is 0 Å². The molecule has 0 bridgehead atoms. The van der Waals surface area contributed by atoms with E-state index >= 15 is 0 Å². The maximum absolute atomic E-state index is 10.4. The molecule has 224 valence electrons. The summed E-state index contributed by atoms with van der Waals surface area (Å²) in [4.78, 5) is 0. The Balaban J connectivity index is 1.35. The molecule has 0 aliphatic heterocycles. The van der Waals surface area contributed by atoms with E-state index in [4.69, 9.17) is 5.11 Å². The summed E-state index contributed by atoms with van der Waals surface area (Å²) in [7, 11) is 0. The lowest BCUT2D eigenvalue weighted by molar-refractivity contribution is -0.198. The van der Waals surface area contributed by atoms with Gasteiger partial charge in [0.05, 0.1) is 12.7 Å². The predicted molar refractivity (Wildman–Crippen MR) is 158 cm³/mol. The number of hydrogen-bond donors (Lipinski definition) is 4. The molecule has 0 aromatic carbocycles. The lowest BCUT2D eigenvalue weighted by Gasteiger charge is -2.71. The fourth-order valence-corrected chi connectivity index (χ4v) is 12.5. The van der Waals surface area contributed by atoms with Crippen molar-refractivity contribution in [3.05, 3.63) is 12.2 Å². The van der Waals surface area contributed by atoms with Crippen molar-refractivity contribution in [3.8, 4) is 0 Å². The smallest absolute Gasteiger partial charge is 0.108 e. The van der Waals surface area contributed by atoms with Crippen molar-refractivity contribution in [2.45, 2.75) is 137 Å². The zero-order chi connectivity index (χ0) is 28.6. The molecule has 0 amide bonds. The molecule has 5 aliphatic rings. The summed E-state index contributed by atoms with van der Waals surface area (Å²) < 4.78 is 0. The van der Waals surface area contributed by atoms with Gasteiger partial charge in [0, 0.05) is 0 Å².